The Hall–Kier alpha value is -2.11. The number of ether oxygens (including phenoxy) is 1. The van der Waals surface area contributed by atoms with E-state index < -0.39 is 0 Å². The van der Waals surface area contributed by atoms with E-state index in [0.717, 1.165) is 31.2 Å². The number of hydrogen-bond acceptors (Lipinski definition) is 4. The summed E-state index contributed by atoms with van der Waals surface area (Å²) in [7, 11) is 1.45. The Labute approximate surface area is 144 Å². The summed E-state index contributed by atoms with van der Waals surface area (Å²) >= 11 is 0. The van der Waals surface area contributed by atoms with Crippen LogP contribution in [0.4, 0.5) is 0 Å². The lowest BCUT2D eigenvalue weighted by Gasteiger charge is -2.21. The van der Waals surface area contributed by atoms with E-state index in [2.05, 4.69) is 35.1 Å². The van der Waals surface area contributed by atoms with Gasteiger partial charge in [0.1, 0.15) is 0 Å². The van der Waals surface area contributed by atoms with Crippen LogP contribution >= 0.6 is 0 Å². The molecule has 6 heteroatoms. The molecule has 1 fully saturated rings. The number of carbonyl (C=O) groups is 1. The molecule has 2 unspecified atom stereocenters. The van der Waals surface area contributed by atoms with Gasteiger partial charge in [0, 0.05) is 38.1 Å². The quantitative estimate of drug-likeness (QED) is 0.504. The Kier molecular flexibility index (Phi) is 6.58. The average Bonchev–Trinajstić information content (AvgIpc) is 2.97. The minimum atomic E-state index is -0.133. The first-order valence-electron chi connectivity index (χ1n) is 8.57. The molecular formula is C18H28N4O2. The van der Waals surface area contributed by atoms with E-state index in [1.54, 1.807) is 0 Å². The van der Waals surface area contributed by atoms with Crippen molar-refractivity contribution in [3.8, 4) is 0 Å². The number of aryl methyl sites for hydroxylation is 1. The van der Waals surface area contributed by atoms with Crippen LogP contribution < -0.4 is 5.32 Å². The zero-order valence-electron chi connectivity index (χ0n) is 15.1. The second kappa shape index (κ2) is 8.66. The number of nitrogens with one attached hydrogen (secondary N) is 1. The Morgan fingerprint density at radius 2 is 2.25 bits per heavy atom. The maximum Gasteiger partial charge on any atom is 0.310 e. The van der Waals surface area contributed by atoms with Gasteiger partial charge in [-0.3, -0.25) is 14.8 Å². The molecule has 1 saturated heterocycles. The van der Waals surface area contributed by atoms with E-state index in [-0.39, 0.29) is 17.8 Å². The van der Waals surface area contributed by atoms with Crippen LogP contribution in [0.2, 0.25) is 0 Å². The molecule has 0 amide bonds. The number of carbonyl (C=O) groups excluding carboxylic acids is 1. The molecule has 1 aromatic heterocycles. The maximum absolute atomic E-state index is 11.9. The Morgan fingerprint density at radius 1 is 1.46 bits per heavy atom. The number of pyridine rings is 1. The zero-order valence-corrected chi connectivity index (χ0v) is 15.1. The van der Waals surface area contributed by atoms with Gasteiger partial charge >= 0.3 is 5.97 Å². The molecule has 132 valence electrons. The number of aliphatic imine (C=N–C) groups is 1. The molecule has 0 aliphatic carbocycles. The third-order valence-electron chi connectivity index (χ3n) is 4.39. The Morgan fingerprint density at radius 3 is 2.88 bits per heavy atom. The molecule has 0 radical (unpaired) electrons. The second-order valence-corrected chi connectivity index (χ2v) is 6.31. The topological polar surface area (TPSA) is 66.8 Å². The van der Waals surface area contributed by atoms with E-state index in [4.69, 9.17) is 9.73 Å². The van der Waals surface area contributed by atoms with Gasteiger partial charge in [-0.05, 0) is 37.8 Å². The molecule has 2 heterocycles. The van der Waals surface area contributed by atoms with Crippen LogP contribution in [0.3, 0.4) is 0 Å². The van der Waals surface area contributed by atoms with Gasteiger partial charge in [-0.2, -0.15) is 0 Å². The van der Waals surface area contributed by atoms with Crippen molar-refractivity contribution in [1.29, 1.82) is 0 Å². The van der Waals surface area contributed by atoms with Crippen molar-refractivity contribution < 1.29 is 9.53 Å². The summed E-state index contributed by atoms with van der Waals surface area (Å²) in [6, 6.07) is 4.11. The van der Waals surface area contributed by atoms with E-state index in [1.165, 1.54) is 12.7 Å². The van der Waals surface area contributed by atoms with Crippen LogP contribution in [0.5, 0.6) is 0 Å². The summed E-state index contributed by atoms with van der Waals surface area (Å²) in [6.07, 6.45) is 2.76. The highest BCUT2D eigenvalue weighted by Crippen LogP contribution is 2.24. The van der Waals surface area contributed by atoms with Crippen molar-refractivity contribution in [3.63, 3.8) is 0 Å². The highest BCUT2D eigenvalue weighted by molar-refractivity contribution is 5.82. The molecule has 0 saturated carbocycles. The fraction of sp³-hybridized carbons (Fsp3) is 0.611. The summed E-state index contributed by atoms with van der Waals surface area (Å²) < 4.78 is 4.91. The molecule has 1 aromatic rings. The van der Waals surface area contributed by atoms with Crippen LogP contribution in [0, 0.1) is 18.8 Å². The maximum atomic E-state index is 11.9. The van der Waals surface area contributed by atoms with Crippen LogP contribution in [-0.4, -0.2) is 55.1 Å². The highest BCUT2D eigenvalue weighted by atomic mass is 16.5. The van der Waals surface area contributed by atoms with Gasteiger partial charge in [0.05, 0.1) is 13.0 Å². The Balaban J connectivity index is 1.98. The molecule has 2 rings (SSSR count). The normalized spacial score (nSPS) is 21.0. The van der Waals surface area contributed by atoms with Gasteiger partial charge in [0.25, 0.3) is 0 Å². The number of esters is 1. The molecule has 0 aromatic carbocycles. The highest BCUT2D eigenvalue weighted by Gasteiger charge is 2.36. The third-order valence-corrected chi connectivity index (χ3v) is 4.39. The van der Waals surface area contributed by atoms with Gasteiger partial charge in [0.2, 0.25) is 0 Å². The van der Waals surface area contributed by atoms with Crippen molar-refractivity contribution in [3.05, 3.63) is 29.6 Å². The molecule has 1 aliphatic heterocycles. The fourth-order valence-corrected chi connectivity index (χ4v) is 2.96. The zero-order chi connectivity index (χ0) is 17.5. The van der Waals surface area contributed by atoms with Crippen molar-refractivity contribution in [2.75, 3.05) is 33.3 Å². The fourth-order valence-electron chi connectivity index (χ4n) is 2.96. The monoisotopic (exact) mass is 332 g/mol. The summed E-state index contributed by atoms with van der Waals surface area (Å²) in [5.41, 5.74) is 2.21. The van der Waals surface area contributed by atoms with Crippen LogP contribution in [0.25, 0.3) is 0 Å². The molecule has 0 bridgehead atoms. The molecular weight excluding hydrogens is 304 g/mol. The van der Waals surface area contributed by atoms with E-state index in [1.807, 2.05) is 19.2 Å². The van der Waals surface area contributed by atoms with E-state index in [0.29, 0.717) is 13.1 Å². The van der Waals surface area contributed by atoms with Crippen molar-refractivity contribution in [1.82, 2.24) is 15.2 Å². The molecule has 24 heavy (non-hydrogen) atoms. The van der Waals surface area contributed by atoms with Crippen LogP contribution in [0.1, 0.15) is 25.1 Å². The molecule has 6 nitrogen and oxygen atoms in total. The van der Waals surface area contributed by atoms with Gasteiger partial charge in [-0.25, -0.2) is 0 Å². The SMILES string of the molecule is CCNC(=NCCc1ccc(C)nc1)N1CC(C)C(C(=O)OC)C1. The summed E-state index contributed by atoms with van der Waals surface area (Å²) in [4.78, 5) is 23.0. The first-order chi connectivity index (χ1) is 11.5. The lowest BCUT2D eigenvalue weighted by atomic mass is 9.99. The number of hydrogen-bond donors (Lipinski definition) is 1. The predicted octanol–water partition coefficient (Wildman–Crippen LogP) is 1.64. The minimum Gasteiger partial charge on any atom is -0.469 e. The number of methoxy groups -OCH3 is 1. The third kappa shape index (κ3) is 4.69. The van der Waals surface area contributed by atoms with Gasteiger partial charge in [0.15, 0.2) is 5.96 Å². The standard InChI is InChI=1S/C18H28N4O2/c1-5-19-18(20-9-8-15-7-6-14(3)21-10-15)22-11-13(2)16(12-22)17(23)24-4/h6-7,10,13,16H,5,8-9,11-12H2,1-4H3,(H,19,20). The van der Waals surface area contributed by atoms with Gasteiger partial charge in [-0.15, -0.1) is 0 Å². The number of likely N-dealkylation sites (tertiary alicyclic amines) is 1. The first kappa shape index (κ1) is 18.2. The largest absolute Gasteiger partial charge is 0.469 e. The molecule has 0 spiro atoms. The van der Waals surface area contributed by atoms with Crippen molar-refractivity contribution in [2.45, 2.75) is 27.2 Å². The predicted molar refractivity (Wildman–Crippen MR) is 94.9 cm³/mol. The Bertz CT molecular complexity index is 571. The second-order valence-electron chi connectivity index (χ2n) is 6.31. The molecule has 1 aliphatic rings. The van der Waals surface area contributed by atoms with E-state index in [9.17, 15) is 4.79 Å². The van der Waals surface area contributed by atoms with Crippen LogP contribution in [-0.2, 0) is 16.0 Å². The summed E-state index contributed by atoms with van der Waals surface area (Å²) in [5.74, 6) is 0.921. The number of aromatic nitrogens is 1. The van der Waals surface area contributed by atoms with Gasteiger partial charge in [-0.1, -0.05) is 13.0 Å². The lowest BCUT2D eigenvalue weighted by Crippen LogP contribution is -2.40. The number of guanidine groups is 1. The number of nitrogens with zero attached hydrogens (tertiary/aromatic N) is 3. The molecule has 1 N–H and O–H groups in total. The summed E-state index contributed by atoms with van der Waals surface area (Å²) in [5, 5.41) is 3.33. The summed E-state index contributed by atoms with van der Waals surface area (Å²) in [6.45, 7) is 9.10. The molecule has 2 atom stereocenters. The van der Waals surface area contributed by atoms with Crippen LogP contribution in [0.15, 0.2) is 23.3 Å². The van der Waals surface area contributed by atoms with Crippen molar-refractivity contribution in [2.24, 2.45) is 16.8 Å². The lowest BCUT2D eigenvalue weighted by molar-refractivity contribution is -0.145. The van der Waals surface area contributed by atoms with Crippen molar-refractivity contribution >= 4 is 11.9 Å². The first-order valence-corrected chi connectivity index (χ1v) is 8.57. The van der Waals surface area contributed by atoms with Gasteiger partial charge < -0.3 is 15.0 Å². The average molecular weight is 332 g/mol. The minimum absolute atomic E-state index is 0.0832. The number of rotatable bonds is 5. The smallest absolute Gasteiger partial charge is 0.310 e. The van der Waals surface area contributed by atoms with E-state index >= 15 is 0 Å².